The first kappa shape index (κ1) is 13.9. The van der Waals surface area contributed by atoms with Gasteiger partial charge in [-0.05, 0) is 46.5 Å². The first-order chi connectivity index (χ1) is 6.99. The molecule has 0 saturated heterocycles. The van der Waals surface area contributed by atoms with Crippen molar-refractivity contribution in [2.75, 3.05) is 0 Å². The van der Waals surface area contributed by atoms with E-state index in [9.17, 15) is 4.79 Å². The van der Waals surface area contributed by atoms with Gasteiger partial charge in [-0.1, -0.05) is 6.42 Å². The maximum atomic E-state index is 9.60. The van der Waals surface area contributed by atoms with E-state index >= 15 is 0 Å². The highest BCUT2D eigenvalue weighted by Crippen LogP contribution is 2.13. The van der Waals surface area contributed by atoms with E-state index in [0.29, 0.717) is 6.47 Å². The minimum atomic E-state index is -0.318. The van der Waals surface area contributed by atoms with Crippen LogP contribution in [0.5, 0.6) is 0 Å². The van der Waals surface area contributed by atoms with Crippen LogP contribution >= 0.6 is 0 Å². The first-order valence-corrected chi connectivity index (χ1v) is 5.36. The van der Waals surface area contributed by atoms with E-state index in [1.54, 1.807) is 0 Å². The van der Waals surface area contributed by atoms with Gasteiger partial charge < -0.3 is 10.6 Å². The Balaban J connectivity index is 0.000000265. The Labute approximate surface area is 91.9 Å². The lowest BCUT2D eigenvalue weighted by atomic mass is 9.99. The van der Waals surface area contributed by atoms with Gasteiger partial charge in [0.15, 0.2) is 0 Å². The Bertz CT molecular complexity index is 199. The summed E-state index contributed by atoms with van der Waals surface area (Å²) < 4.78 is 4.55. The molecule has 2 N–H and O–H groups in total. The maximum Gasteiger partial charge on any atom is 0.293 e. The van der Waals surface area contributed by atoms with Crippen molar-refractivity contribution >= 4 is 12.2 Å². The molecule has 1 fully saturated rings. The average Bonchev–Trinajstić information content (AvgIpc) is 2.18. The van der Waals surface area contributed by atoms with Crippen LogP contribution < -0.4 is 5.84 Å². The number of hydrogen-bond donors (Lipinski definition) is 1. The lowest BCUT2D eigenvalue weighted by molar-refractivity contribution is -0.138. The van der Waals surface area contributed by atoms with Crippen molar-refractivity contribution in [3.05, 3.63) is 0 Å². The maximum absolute atomic E-state index is 9.60. The zero-order chi connectivity index (χ0) is 11.7. The van der Waals surface area contributed by atoms with Crippen LogP contribution in [0.3, 0.4) is 0 Å². The molecule has 88 valence electrons. The number of nitrogens with two attached hydrogens (primary N) is 1. The summed E-state index contributed by atoms with van der Waals surface area (Å²) in [5.74, 6) is 5.09. The lowest BCUT2D eigenvalue weighted by Gasteiger charge is -2.14. The van der Waals surface area contributed by atoms with E-state index in [2.05, 4.69) is 9.84 Å². The molecule has 4 heteroatoms. The molecule has 1 aliphatic rings. The molecule has 1 rings (SSSR count). The highest BCUT2D eigenvalue weighted by atomic mass is 16.5. The van der Waals surface area contributed by atoms with Gasteiger partial charge >= 0.3 is 0 Å². The summed E-state index contributed by atoms with van der Waals surface area (Å²) in [4.78, 5) is 9.60. The Morgan fingerprint density at radius 3 is 2.00 bits per heavy atom. The van der Waals surface area contributed by atoms with Gasteiger partial charge in [0, 0.05) is 5.71 Å². The molecular weight excluding hydrogens is 192 g/mol. The van der Waals surface area contributed by atoms with Gasteiger partial charge in [-0.3, -0.25) is 4.79 Å². The van der Waals surface area contributed by atoms with E-state index < -0.39 is 0 Å². The van der Waals surface area contributed by atoms with Crippen molar-refractivity contribution in [2.45, 2.75) is 58.5 Å². The fraction of sp³-hybridized carbons (Fsp3) is 0.818. The highest BCUT2D eigenvalue weighted by molar-refractivity contribution is 5.84. The van der Waals surface area contributed by atoms with Crippen molar-refractivity contribution in [1.82, 2.24) is 0 Å². The molecule has 0 amide bonds. The monoisotopic (exact) mass is 214 g/mol. The van der Waals surface area contributed by atoms with Crippen molar-refractivity contribution in [3.8, 4) is 0 Å². The molecule has 0 spiro atoms. The summed E-state index contributed by atoms with van der Waals surface area (Å²) in [7, 11) is 0. The van der Waals surface area contributed by atoms with Crippen LogP contribution in [0.2, 0.25) is 0 Å². The van der Waals surface area contributed by atoms with E-state index in [0.717, 1.165) is 12.8 Å². The summed E-state index contributed by atoms with van der Waals surface area (Å²) in [5.41, 5.74) is 0.887. The summed E-state index contributed by atoms with van der Waals surface area (Å²) in [6.45, 7) is 5.92. The standard InChI is InChI=1S/C6H12N2.C5H10O2/c7-8-6-4-2-1-3-5-6;1-5(2,3)7-4-6/h1-5,7H2;4H,1-3H3. The minimum Gasteiger partial charge on any atom is -0.462 e. The molecular formula is C11H22N2O2. The van der Waals surface area contributed by atoms with E-state index in [1.165, 1.54) is 25.0 Å². The van der Waals surface area contributed by atoms with Crippen LogP contribution in [0.25, 0.3) is 0 Å². The summed E-state index contributed by atoms with van der Waals surface area (Å²) in [6.07, 6.45) is 6.21. The molecule has 4 nitrogen and oxygen atoms in total. The third-order valence-corrected chi connectivity index (χ3v) is 2.01. The summed E-state index contributed by atoms with van der Waals surface area (Å²) in [5, 5.41) is 3.66. The van der Waals surface area contributed by atoms with Crippen molar-refractivity contribution in [3.63, 3.8) is 0 Å². The topological polar surface area (TPSA) is 64.7 Å². The highest BCUT2D eigenvalue weighted by Gasteiger charge is 2.07. The molecule has 1 aliphatic carbocycles. The average molecular weight is 214 g/mol. The van der Waals surface area contributed by atoms with E-state index in [-0.39, 0.29) is 5.60 Å². The number of hydrazone groups is 1. The van der Waals surface area contributed by atoms with Crippen LogP contribution in [-0.4, -0.2) is 17.8 Å². The summed E-state index contributed by atoms with van der Waals surface area (Å²) in [6, 6.07) is 0. The number of ether oxygens (including phenoxy) is 1. The Kier molecular flexibility index (Phi) is 6.75. The smallest absolute Gasteiger partial charge is 0.293 e. The molecule has 0 bridgehead atoms. The van der Waals surface area contributed by atoms with Gasteiger partial charge in [0.2, 0.25) is 0 Å². The normalized spacial score (nSPS) is 16.1. The predicted molar refractivity (Wildman–Crippen MR) is 61.6 cm³/mol. The van der Waals surface area contributed by atoms with Gasteiger partial charge in [-0.25, -0.2) is 0 Å². The Morgan fingerprint density at radius 1 is 1.27 bits per heavy atom. The second-order valence-corrected chi connectivity index (χ2v) is 4.58. The first-order valence-electron chi connectivity index (χ1n) is 5.36. The van der Waals surface area contributed by atoms with Gasteiger partial charge in [-0.15, -0.1) is 0 Å². The van der Waals surface area contributed by atoms with Crippen molar-refractivity contribution in [1.29, 1.82) is 0 Å². The molecule has 0 heterocycles. The zero-order valence-corrected chi connectivity index (χ0v) is 9.95. The second-order valence-electron chi connectivity index (χ2n) is 4.58. The molecule has 15 heavy (non-hydrogen) atoms. The van der Waals surface area contributed by atoms with Crippen LogP contribution in [0, 0.1) is 0 Å². The van der Waals surface area contributed by atoms with Crippen LogP contribution in [0.1, 0.15) is 52.9 Å². The van der Waals surface area contributed by atoms with Gasteiger partial charge in [0.05, 0.1) is 0 Å². The van der Waals surface area contributed by atoms with E-state index in [4.69, 9.17) is 5.84 Å². The SMILES string of the molecule is CC(C)(C)OC=O.NN=C1CCCCC1. The third-order valence-electron chi connectivity index (χ3n) is 2.01. The molecule has 0 aromatic heterocycles. The number of hydrogen-bond acceptors (Lipinski definition) is 4. The summed E-state index contributed by atoms with van der Waals surface area (Å²) >= 11 is 0. The molecule has 0 unspecified atom stereocenters. The van der Waals surface area contributed by atoms with Crippen LogP contribution in [0.15, 0.2) is 5.10 Å². The number of carbonyl (C=O) groups is 1. The van der Waals surface area contributed by atoms with Crippen LogP contribution in [-0.2, 0) is 9.53 Å². The Morgan fingerprint density at radius 2 is 1.80 bits per heavy atom. The largest absolute Gasteiger partial charge is 0.462 e. The zero-order valence-electron chi connectivity index (χ0n) is 9.95. The van der Waals surface area contributed by atoms with Gasteiger partial charge in [0.25, 0.3) is 6.47 Å². The molecule has 0 aliphatic heterocycles. The second kappa shape index (κ2) is 7.26. The van der Waals surface area contributed by atoms with Gasteiger partial charge in [-0.2, -0.15) is 5.10 Å². The molecule has 1 saturated carbocycles. The van der Waals surface area contributed by atoms with E-state index in [1.807, 2.05) is 20.8 Å². The predicted octanol–water partition coefficient (Wildman–Crippen LogP) is 2.22. The fourth-order valence-corrected chi connectivity index (χ4v) is 1.23. The molecule has 0 radical (unpaired) electrons. The molecule has 0 aromatic carbocycles. The van der Waals surface area contributed by atoms with Crippen molar-refractivity contribution < 1.29 is 9.53 Å². The minimum absolute atomic E-state index is 0.318. The van der Waals surface area contributed by atoms with Gasteiger partial charge in [0.1, 0.15) is 5.60 Å². The molecule has 0 atom stereocenters. The number of nitrogens with zero attached hydrogens (tertiary/aromatic N) is 1. The lowest BCUT2D eigenvalue weighted by Crippen LogP contribution is -2.17. The number of rotatable bonds is 1. The van der Waals surface area contributed by atoms with Crippen molar-refractivity contribution in [2.24, 2.45) is 10.9 Å². The molecule has 0 aromatic rings. The Hall–Kier alpha value is -1.06. The fourth-order valence-electron chi connectivity index (χ4n) is 1.23. The number of carbonyl (C=O) groups excluding carboxylic acids is 1. The van der Waals surface area contributed by atoms with Crippen LogP contribution in [0.4, 0.5) is 0 Å². The third kappa shape index (κ3) is 9.25. The quantitative estimate of drug-likeness (QED) is 0.413.